The van der Waals surface area contributed by atoms with Crippen LogP contribution in [0.4, 0.5) is 0 Å². The molecular formula is C10H16O2. The third-order valence-corrected chi connectivity index (χ3v) is 2.86. The van der Waals surface area contributed by atoms with Gasteiger partial charge >= 0.3 is 0 Å². The molecule has 1 N–H and O–H groups in total. The van der Waals surface area contributed by atoms with Gasteiger partial charge in [-0.25, -0.2) is 0 Å². The maximum absolute atomic E-state index is 11.4. The Hall–Kier alpha value is -0.630. The molecule has 1 aliphatic carbocycles. The molecular weight excluding hydrogens is 152 g/mol. The number of hydrogen-bond acceptors (Lipinski definition) is 2. The Morgan fingerprint density at radius 2 is 2.50 bits per heavy atom. The fraction of sp³-hybridized carbons (Fsp3) is 0.700. The number of aliphatic hydroxyl groups is 1. The maximum Gasteiger partial charge on any atom is 0.141 e. The summed E-state index contributed by atoms with van der Waals surface area (Å²) in [6.45, 7) is 5.41. The Balaban J connectivity index is 2.69. The summed E-state index contributed by atoms with van der Waals surface area (Å²) in [4.78, 5) is 11.4. The quantitative estimate of drug-likeness (QED) is 0.651. The van der Waals surface area contributed by atoms with E-state index in [1.54, 1.807) is 6.08 Å². The van der Waals surface area contributed by atoms with Gasteiger partial charge in [0, 0.05) is 6.42 Å². The van der Waals surface area contributed by atoms with Crippen LogP contribution in [0.5, 0.6) is 0 Å². The van der Waals surface area contributed by atoms with Crippen LogP contribution in [0.2, 0.25) is 0 Å². The Morgan fingerprint density at radius 1 is 1.83 bits per heavy atom. The summed E-state index contributed by atoms with van der Waals surface area (Å²) in [5.74, 6) is 0.205. The predicted octanol–water partition coefficient (Wildman–Crippen LogP) is 1.68. The smallest absolute Gasteiger partial charge is 0.141 e. The lowest BCUT2D eigenvalue weighted by Gasteiger charge is -2.27. The average Bonchev–Trinajstić information content (AvgIpc) is 2.34. The Kier molecular flexibility index (Phi) is 2.68. The van der Waals surface area contributed by atoms with Gasteiger partial charge in [-0.3, -0.25) is 4.79 Å². The summed E-state index contributed by atoms with van der Waals surface area (Å²) < 4.78 is 0. The van der Waals surface area contributed by atoms with E-state index in [9.17, 15) is 9.90 Å². The lowest BCUT2D eigenvalue weighted by atomic mass is 9.80. The largest absolute Gasteiger partial charge is 0.392 e. The van der Waals surface area contributed by atoms with Crippen molar-refractivity contribution in [2.75, 3.05) is 0 Å². The second-order valence-corrected chi connectivity index (χ2v) is 3.73. The minimum absolute atomic E-state index is 0.205. The van der Waals surface area contributed by atoms with Crippen molar-refractivity contribution in [3.63, 3.8) is 0 Å². The number of carbonyl (C=O) groups is 1. The van der Waals surface area contributed by atoms with Crippen LogP contribution < -0.4 is 0 Å². The van der Waals surface area contributed by atoms with Crippen molar-refractivity contribution < 1.29 is 9.90 Å². The van der Waals surface area contributed by atoms with Gasteiger partial charge in [-0.05, 0) is 19.3 Å². The number of carbonyl (C=O) groups excluding carboxylic acids is 1. The van der Waals surface area contributed by atoms with Gasteiger partial charge in [-0.15, -0.1) is 6.58 Å². The van der Waals surface area contributed by atoms with Crippen molar-refractivity contribution in [3.05, 3.63) is 12.7 Å². The fourth-order valence-electron chi connectivity index (χ4n) is 1.81. The van der Waals surface area contributed by atoms with Gasteiger partial charge < -0.3 is 5.11 Å². The van der Waals surface area contributed by atoms with E-state index in [-0.39, 0.29) is 5.78 Å². The normalized spacial score (nSPS) is 32.0. The SMILES string of the molecule is C=CCC(O)C1(C)CCCC1=O. The van der Waals surface area contributed by atoms with Crippen LogP contribution in [0.1, 0.15) is 32.6 Å². The van der Waals surface area contributed by atoms with E-state index in [2.05, 4.69) is 6.58 Å². The first kappa shape index (κ1) is 9.46. The first-order valence-corrected chi connectivity index (χ1v) is 4.43. The molecule has 0 heterocycles. The van der Waals surface area contributed by atoms with Gasteiger partial charge in [0.05, 0.1) is 11.5 Å². The molecule has 2 unspecified atom stereocenters. The Bertz CT molecular complexity index is 198. The third kappa shape index (κ3) is 1.44. The van der Waals surface area contributed by atoms with Gasteiger partial charge in [-0.2, -0.15) is 0 Å². The minimum atomic E-state index is -0.537. The number of rotatable bonds is 3. The number of hydrogen-bond donors (Lipinski definition) is 1. The van der Waals surface area contributed by atoms with Crippen LogP contribution in [-0.2, 0) is 4.79 Å². The standard InChI is InChI=1S/C10H16O2/c1-3-5-8(11)10(2)7-4-6-9(10)12/h3,8,11H,1,4-7H2,2H3. The molecule has 0 spiro atoms. The summed E-state index contributed by atoms with van der Waals surface area (Å²) >= 11 is 0. The minimum Gasteiger partial charge on any atom is -0.392 e. The molecule has 0 radical (unpaired) electrons. The molecule has 2 nitrogen and oxygen atoms in total. The number of aliphatic hydroxyl groups excluding tert-OH is 1. The zero-order chi connectivity index (χ0) is 9.19. The molecule has 1 aliphatic rings. The highest BCUT2D eigenvalue weighted by Gasteiger charge is 2.42. The monoisotopic (exact) mass is 168 g/mol. The molecule has 1 fully saturated rings. The number of Topliss-reactive ketones (excluding diaryl/α,β-unsaturated/α-hetero) is 1. The zero-order valence-corrected chi connectivity index (χ0v) is 7.55. The average molecular weight is 168 g/mol. The maximum atomic E-state index is 11.4. The molecule has 1 saturated carbocycles. The molecule has 68 valence electrons. The second-order valence-electron chi connectivity index (χ2n) is 3.73. The summed E-state index contributed by atoms with van der Waals surface area (Å²) in [6.07, 6.45) is 4.02. The van der Waals surface area contributed by atoms with E-state index in [0.717, 1.165) is 12.8 Å². The molecule has 2 atom stereocenters. The highest BCUT2D eigenvalue weighted by Crippen LogP contribution is 2.38. The van der Waals surface area contributed by atoms with Crippen molar-refractivity contribution >= 4 is 5.78 Å². The van der Waals surface area contributed by atoms with Crippen molar-refractivity contribution in [2.45, 2.75) is 38.7 Å². The van der Waals surface area contributed by atoms with E-state index >= 15 is 0 Å². The number of ketones is 1. The first-order chi connectivity index (χ1) is 5.61. The zero-order valence-electron chi connectivity index (χ0n) is 7.55. The fourth-order valence-corrected chi connectivity index (χ4v) is 1.81. The molecule has 1 rings (SSSR count). The third-order valence-electron chi connectivity index (χ3n) is 2.86. The van der Waals surface area contributed by atoms with Crippen LogP contribution in [0.25, 0.3) is 0 Å². The summed E-state index contributed by atoms with van der Waals surface area (Å²) in [6, 6.07) is 0. The van der Waals surface area contributed by atoms with Crippen molar-refractivity contribution in [1.29, 1.82) is 0 Å². The van der Waals surface area contributed by atoms with E-state index in [4.69, 9.17) is 0 Å². The lowest BCUT2D eigenvalue weighted by molar-refractivity contribution is -0.130. The Morgan fingerprint density at radius 3 is 2.92 bits per heavy atom. The van der Waals surface area contributed by atoms with Gasteiger partial charge in [0.25, 0.3) is 0 Å². The van der Waals surface area contributed by atoms with Crippen molar-refractivity contribution in [3.8, 4) is 0 Å². The van der Waals surface area contributed by atoms with E-state index < -0.39 is 11.5 Å². The molecule has 0 aromatic heterocycles. The van der Waals surface area contributed by atoms with E-state index in [0.29, 0.717) is 12.8 Å². The van der Waals surface area contributed by atoms with Crippen LogP contribution in [0.15, 0.2) is 12.7 Å². The predicted molar refractivity (Wildman–Crippen MR) is 47.8 cm³/mol. The van der Waals surface area contributed by atoms with Gasteiger partial charge in [0.2, 0.25) is 0 Å². The molecule has 12 heavy (non-hydrogen) atoms. The van der Waals surface area contributed by atoms with Crippen molar-refractivity contribution in [2.24, 2.45) is 5.41 Å². The van der Waals surface area contributed by atoms with Crippen LogP contribution in [0.3, 0.4) is 0 Å². The van der Waals surface area contributed by atoms with Gasteiger partial charge in [-0.1, -0.05) is 13.0 Å². The molecule has 0 aromatic rings. The molecule has 0 bridgehead atoms. The van der Waals surface area contributed by atoms with E-state index in [1.807, 2.05) is 6.92 Å². The van der Waals surface area contributed by atoms with Crippen molar-refractivity contribution in [1.82, 2.24) is 0 Å². The molecule has 0 saturated heterocycles. The molecule has 0 aromatic carbocycles. The highest BCUT2D eigenvalue weighted by atomic mass is 16.3. The highest BCUT2D eigenvalue weighted by molar-refractivity contribution is 5.87. The van der Waals surface area contributed by atoms with Gasteiger partial charge in [0.15, 0.2) is 0 Å². The summed E-state index contributed by atoms with van der Waals surface area (Å²) in [7, 11) is 0. The summed E-state index contributed by atoms with van der Waals surface area (Å²) in [5.41, 5.74) is -0.492. The first-order valence-electron chi connectivity index (χ1n) is 4.43. The summed E-state index contributed by atoms with van der Waals surface area (Å²) in [5, 5.41) is 9.69. The molecule has 0 amide bonds. The topological polar surface area (TPSA) is 37.3 Å². The second kappa shape index (κ2) is 3.40. The molecule has 0 aliphatic heterocycles. The van der Waals surface area contributed by atoms with Crippen LogP contribution >= 0.6 is 0 Å². The Labute approximate surface area is 73.3 Å². The lowest BCUT2D eigenvalue weighted by Crippen LogP contribution is -2.35. The van der Waals surface area contributed by atoms with Crippen LogP contribution in [-0.4, -0.2) is 17.0 Å². The van der Waals surface area contributed by atoms with Crippen LogP contribution in [0, 0.1) is 5.41 Å². The van der Waals surface area contributed by atoms with Gasteiger partial charge in [0.1, 0.15) is 5.78 Å². The van der Waals surface area contributed by atoms with E-state index in [1.165, 1.54) is 0 Å². The molecule has 2 heteroatoms.